The molecule has 0 saturated carbocycles. The van der Waals surface area contributed by atoms with Crippen LogP contribution in [-0.4, -0.2) is 126 Å². The van der Waals surface area contributed by atoms with Gasteiger partial charge < -0.3 is 33.2 Å². The zero-order valence-corrected chi connectivity index (χ0v) is 30.6. The summed E-state index contributed by atoms with van der Waals surface area (Å²) in [4.78, 5) is 60.2. The second kappa shape index (κ2) is 25.1. The monoisotopic (exact) mass is 671 g/mol. The molecular weight excluding hydrogens is 606 g/mol. The van der Waals surface area contributed by atoms with Crippen LogP contribution in [0.15, 0.2) is 12.2 Å². The second-order valence-corrected chi connectivity index (χ2v) is 13.6. The predicted octanol–water partition coefficient (Wildman–Crippen LogP) is 4.09. The van der Waals surface area contributed by atoms with Crippen molar-refractivity contribution in [1.29, 1.82) is 0 Å². The first-order chi connectivity index (χ1) is 22.1. The molecule has 0 rings (SSSR count). The number of carbonyl (C=O) groups excluding carboxylic acids is 5. The van der Waals surface area contributed by atoms with Crippen LogP contribution in [0.3, 0.4) is 0 Å². The number of rotatable bonds is 27. The van der Waals surface area contributed by atoms with Crippen molar-refractivity contribution in [2.75, 3.05) is 74.7 Å². The highest BCUT2D eigenvalue weighted by Gasteiger charge is 2.31. The van der Waals surface area contributed by atoms with E-state index in [9.17, 15) is 24.0 Å². The number of ether oxygens (including phenoxy) is 4. The summed E-state index contributed by atoms with van der Waals surface area (Å²) < 4.78 is 21.6. The maximum atomic E-state index is 13.3. The Kier molecular flexibility index (Phi) is 23.5. The number of hydrogen-bond donors (Lipinski definition) is 1. The van der Waals surface area contributed by atoms with Gasteiger partial charge in [-0.2, -0.15) is 0 Å². The van der Waals surface area contributed by atoms with Crippen LogP contribution in [0.25, 0.3) is 0 Å². The Labute approximate surface area is 283 Å². The van der Waals surface area contributed by atoms with Gasteiger partial charge in [0.2, 0.25) is 0 Å². The van der Waals surface area contributed by atoms with Gasteiger partial charge in [0, 0.05) is 26.7 Å². The Hall–Kier alpha value is -2.99. The molecular formula is C35H65N3O9+2. The number of nitrogens with one attached hydrogen (secondary N) is 1. The van der Waals surface area contributed by atoms with Gasteiger partial charge in [0.05, 0.1) is 41.3 Å². The molecule has 0 aromatic rings. The summed E-state index contributed by atoms with van der Waals surface area (Å²) in [6.07, 6.45) is 13.9. The number of allylic oxidation sites excluding steroid dienone is 1. The first kappa shape index (κ1) is 44.0. The summed E-state index contributed by atoms with van der Waals surface area (Å²) in [5, 5.41) is 3.17. The molecule has 47 heavy (non-hydrogen) atoms. The van der Waals surface area contributed by atoms with Crippen LogP contribution in [0.2, 0.25) is 0 Å². The van der Waals surface area contributed by atoms with E-state index in [-0.39, 0.29) is 66.6 Å². The van der Waals surface area contributed by atoms with Crippen molar-refractivity contribution in [3.63, 3.8) is 0 Å². The van der Waals surface area contributed by atoms with Gasteiger partial charge in [-0.15, -0.1) is 0 Å². The lowest BCUT2D eigenvalue weighted by Crippen LogP contribution is -2.54. The maximum Gasteiger partial charge on any atom is 0.362 e. The minimum absolute atomic E-state index is 0.0904. The van der Waals surface area contributed by atoms with Crippen LogP contribution < -0.4 is 5.32 Å². The SMILES string of the molecule is CCCCCC(NC(=O)C[N+](C)(C)CCOC(C)=O)C(CC=CCCCCCCCC(=O)OC)OC(=O)C[N+](C)(C)CCOC(C)=O. The van der Waals surface area contributed by atoms with Gasteiger partial charge in [-0.05, 0) is 25.7 Å². The molecule has 0 radical (unpaired) electrons. The topological polar surface area (TPSA) is 134 Å². The number of nitrogens with zero attached hydrogens (tertiary/aromatic N) is 2. The Morgan fingerprint density at radius 2 is 1.30 bits per heavy atom. The Morgan fingerprint density at radius 3 is 1.87 bits per heavy atom. The van der Waals surface area contributed by atoms with E-state index in [0.29, 0.717) is 36.8 Å². The molecule has 0 saturated heterocycles. The van der Waals surface area contributed by atoms with Crippen molar-refractivity contribution in [2.45, 2.75) is 110 Å². The summed E-state index contributed by atoms with van der Waals surface area (Å²) in [5.41, 5.74) is 0. The maximum absolute atomic E-state index is 13.3. The lowest BCUT2D eigenvalue weighted by molar-refractivity contribution is -0.883. The number of hydrogen-bond acceptors (Lipinski definition) is 9. The molecule has 0 aliphatic carbocycles. The summed E-state index contributed by atoms with van der Waals surface area (Å²) in [5.74, 6) is -1.42. The number of esters is 4. The number of quaternary nitrogens is 2. The van der Waals surface area contributed by atoms with E-state index in [2.05, 4.69) is 23.1 Å². The average molecular weight is 672 g/mol. The lowest BCUT2D eigenvalue weighted by Gasteiger charge is -2.33. The van der Waals surface area contributed by atoms with Crippen LogP contribution >= 0.6 is 0 Å². The molecule has 0 bridgehead atoms. The van der Waals surface area contributed by atoms with Crippen LogP contribution in [0.1, 0.15) is 97.8 Å². The van der Waals surface area contributed by atoms with Gasteiger partial charge in [0.25, 0.3) is 5.91 Å². The Bertz CT molecular complexity index is 966. The lowest BCUT2D eigenvalue weighted by atomic mass is 9.99. The third-order valence-electron chi connectivity index (χ3n) is 7.84. The van der Waals surface area contributed by atoms with Crippen molar-refractivity contribution in [3.8, 4) is 0 Å². The zero-order chi connectivity index (χ0) is 35.7. The third-order valence-corrected chi connectivity index (χ3v) is 7.84. The van der Waals surface area contributed by atoms with Crippen LogP contribution in [0.5, 0.6) is 0 Å². The average Bonchev–Trinajstić information content (AvgIpc) is 2.95. The number of amides is 1. The largest absolute Gasteiger partial charge is 0.469 e. The van der Waals surface area contributed by atoms with Gasteiger partial charge in [-0.1, -0.05) is 57.6 Å². The van der Waals surface area contributed by atoms with E-state index in [1.165, 1.54) is 21.0 Å². The molecule has 12 nitrogen and oxygen atoms in total. The van der Waals surface area contributed by atoms with Crippen LogP contribution in [-0.2, 0) is 42.9 Å². The van der Waals surface area contributed by atoms with Gasteiger partial charge in [-0.25, -0.2) is 4.79 Å². The predicted molar refractivity (Wildman–Crippen MR) is 181 cm³/mol. The van der Waals surface area contributed by atoms with E-state index < -0.39 is 6.10 Å². The van der Waals surface area contributed by atoms with Gasteiger partial charge in [0.15, 0.2) is 13.1 Å². The van der Waals surface area contributed by atoms with Crippen LogP contribution in [0.4, 0.5) is 0 Å². The summed E-state index contributed by atoms with van der Waals surface area (Å²) in [6.45, 7) is 6.47. The summed E-state index contributed by atoms with van der Waals surface area (Å²) in [7, 11) is 8.98. The fourth-order valence-corrected chi connectivity index (χ4v) is 5.00. The number of unbranched alkanes of at least 4 members (excludes halogenated alkanes) is 7. The van der Waals surface area contributed by atoms with Crippen molar-refractivity contribution in [3.05, 3.63) is 12.2 Å². The standard InChI is InChI=1S/C35H64N3O9/c1-9-10-17-20-31(36-33(41)27-37(4,5)23-25-45-29(2)39)32(47-35(43)28-38(6,7)24-26-46-30(3)40)21-18-15-13-11-12-14-16-19-22-34(42)44-8/h15,18,31-32H,9-14,16-17,19-28H2,1-8H3/q+1/p+1. The van der Waals surface area contributed by atoms with Gasteiger partial charge in [-0.3, -0.25) is 19.2 Å². The highest BCUT2D eigenvalue weighted by atomic mass is 16.5. The van der Waals surface area contributed by atoms with E-state index in [1.54, 1.807) is 0 Å². The fourth-order valence-electron chi connectivity index (χ4n) is 5.00. The van der Waals surface area contributed by atoms with E-state index in [1.807, 2.05) is 34.3 Å². The molecule has 2 atom stereocenters. The minimum Gasteiger partial charge on any atom is -0.469 e. The minimum atomic E-state index is -0.553. The van der Waals surface area contributed by atoms with Crippen molar-refractivity contribution >= 4 is 29.8 Å². The van der Waals surface area contributed by atoms with Crippen molar-refractivity contribution in [2.24, 2.45) is 0 Å². The highest BCUT2D eigenvalue weighted by molar-refractivity contribution is 5.77. The molecule has 0 aliphatic rings. The van der Waals surface area contributed by atoms with Gasteiger partial charge in [0.1, 0.15) is 32.4 Å². The summed E-state index contributed by atoms with van der Waals surface area (Å²) in [6, 6.07) is -0.373. The first-order valence-electron chi connectivity index (χ1n) is 17.2. The Morgan fingerprint density at radius 1 is 0.723 bits per heavy atom. The molecule has 0 aromatic carbocycles. The van der Waals surface area contributed by atoms with E-state index in [0.717, 1.165) is 57.8 Å². The van der Waals surface area contributed by atoms with E-state index >= 15 is 0 Å². The molecule has 272 valence electrons. The van der Waals surface area contributed by atoms with Gasteiger partial charge >= 0.3 is 23.9 Å². The quantitative estimate of drug-likeness (QED) is 0.0451. The first-order valence-corrected chi connectivity index (χ1v) is 17.2. The molecule has 0 aromatic heterocycles. The van der Waals surface area contributed by atoms with Crippen molar-refractivity contribution in [1.82, 2.24) is 5.32 Å². The second-order valence-electron chi connectivity index (χ2n) is 13.6. The normalized spacial score (nSPS) is 13.1. The molecule has 1 amide bonds. The zero-order valence-electron chi connectivity index (χ0n) is 30.6. The molecule has 0 spiro atoms. The van der Waals surface area contributed by atoms with Crippen molar-refractivity contribution < 1.29 is 51.9 Å². The number of likely N-dealkylation sites (N-methyl/N-ethyl adjacent to an activating group) is 2. The Balaban J connectivity index is 5.53. The molecule has 0 heterocycles. The highest BCUT2D eigenvalue weighted by Crippen LogP contribution is 2.16. The van der Waals surface area contributed by atoms with E-state index in [4.69, 9.17) is 14.2 Å². The third kappa shape index (κ3) is 25.7. The smallest absolute Gasteiger partial charge is 0.362 e. The fraction of sp³-hybridized carbons (Fsp3) is 0.800. The number of methoxy groups -OCH3 is 1. The molecule has 2 unspecified atom stereocenters. The molecule has 0 aliphatic heterocycles. The molecule has 0 fully saturated rings. The number of carbonyl (C=O) groups is 5. The molecule has 1 N–H and O–H groups in total. The van der Waals surface area contributed by atoms with Crippen LogP contribution in [0, 0.1) is 0 Å². The molecule has 12 heteroatoms. The summed E-state index contributed by atoms with van der Waals surface area (Å²) >= 11 is 0.